The second kappa shape index (κ2) is 6.95. The number of amides is 2. The van der Waals surface area contributed by atoms with Crippen LogP contribution in [-0.4, -0.2) is 25.2 Å². The summed E-state index contributed by atoms with van der Waals surface area (Å²) in [5.74, 6) is -0.240. The summed E-state index contributed by atoms with van der Waals surface area (Å²) in [6, 6.07) is 8.78. The molecule has 136 valence electrons. The maximum Gasteiger partial charge on any atom is 0.416 e. The van der Waals surface area contributed by atoms with Gasteiger partial charge in [0.25, 0.3) is 5.91 Å². The highest BCUT2D eigenvalue weighted by molar-refractivity contribution is 5.99. The highest BCUT2D eigenvalue weighted by Gasteiger charge is 2.30. The average molecular weight is 366 g/mol. The summed E-state index contributed by atoms with van der Waals surface area (Å²) < 4.78 is 48.3. The predicted octanol–water partition coefficient (Wildman–Crippen LogP) is 2.80. The van der Waals surface area contributed by atoms with E-state index in [1.54, 1.807) is 6.07 Å². The number of fused-ring (bicyclic) bond motifs is 1. The summed E-state index contributed by atoms with van der Waals surface area (Å²) >= 11 is 0. The Morgan fingerprint density at radius 2 is 1.81 bits per heavy atom. The Bertz CT molecular complexity index is 852. The minimum Gasteiger partial charge on any atom is -0.454 e. The van der Waals surface area contributed by atoms with E-state index in [9.17, 15) is 22.8 Å². The van der Waals surface area contributed by atoms with Crippen LogP contribution in [0.4, 0.5) is 18.9 Å². The van der Waals surface area contributed by atoms with Crippen LogP contribution in [-0.2, 0) is 11.0 Å². The Balaban J connectivity index is 1.56. The summed E-state index contributed by atoms with van der Waals surface area (Å²) in [7, 11) is 0. The molecule has 0 saturated heterocycles. The minimum atomic E-state index is -4.51. The van der Waals surface area contributed by atoms with Crippen LogP contribution in [0.15, 0.2) is 42.5 Å². The molecule has 0 aliphatic carbocycles. The van der Waals surface area contributed by atoms with Gasteiger partial charge < -0.3 is 20.1 Å². The first kappa shape index (κ1) is 17.6. The van der Waals surface area contributed by atoms with Gasteiger partial charge in [0.2, 0.25) is 12.7 Å². The Morgan fingerprint density at radius 1 is 1.04 bits per heavy atom. The van der Waals surface area contributed by atoms with Gasteiger partial charge in [-0.05, 0) is 36.4 Å². The van der Waals surface area contributed by atoms with Crippen LogP contribution in [0.5, 0.6) is 11.5 Å². The van der Waals surface area contributed by atoms with Crippen molar-refractivity contribution in [3.05, 3.63) is 53.6 Å². The van der Waals surface area contributed by atoms with E-state index in [1.165, 1.54) is 24.3 Å². The van der Waals surface area contributed by atoms with E-state index in [-0.39, 0.29) is 18.0 Å². The summed E-state index contributed by atoms with van der Waals surface area (Å²) in [4.78, 5) is 23.9. The molecule has 6 nitrogen and oxygen atoms in total. The van der Waals surface area contributed by atoms with Crippen molar-refractivity contribution in [1.82, 2.24) is 5.32 Å². The molecule has 9 heteroatoms. The quantitative estimate of drug-likeness (QED) is 0.873. The van der Waals surface area contributed by atoms with Crippen LogP contribution in [0.1, 0.15) is 15.9 Å². The van der Waals surface area contributed by atoms with E-state index >= 15 is 0 Å². The molecule has 0 aromatic heterocycles. The van der Waals surface area contributed by atoms with Crippen molar-refractivity contribution in [2.24, 2.45) is 0 Å². The fraction of sp³-hybridized carbons (Fsp3) is 0.176. The molecule has 26 heavy (non-hydrogen) atoms. The number of halogens is 3. The monoisotopic (exact) mass is 366 g/mol. The van der Waals surface area contributed by atoms with Crippen LogP contribution in [0.25, 0.3) is 0 Å². The van der Waals surface area contributed by atoms with Gasteiger partial charge in [0, 0.05) is 11.3 Å². The fourth-order valence-electron chi connectivity index (χ4n) is 2.28. The van der Waals surface area contributed by atoms with Gasteiger partial charge in [-0.25, -0.2) is 0 Å². The standard InChI is InChI=1S/C17H13F3N2O4/c18-17(19,20)11-2-1-3-12(7-11)22-15(23)8-21-16(24)10-4-5-13-14(6-10)26-9-25-13/h1-7H,8-9H2,(H,21,24)(H,22,23). The Labute approximate surface area is 145 Å². The fourth-order valence-corrected chi connectivity index (χ4v) is 2.28. The SMILES string of the molecule is O=C(CNC(=O)c1ccc2c(c1)OCO2)Nc1cccc(C(F)(F)F)c1. The van der Waals surface area contributed by atoms with Gasteiger partial charge in [-0.15, -0.1) is 0 Å². The lowest BCUT2D eigenvalue weighted by molar-refractivity contribution is -0.137. The molecular formula is C17H13F3N2O4. The first-order chi connectivity index (χ1) is 12.3. The molecule has 1 heterocycles. The van der Waals surface area contributed by atoms with Crippen LogP contribution < -0.4 is 20.1 Å². The van der Waals surface area contributed by atoms with Crippen LogP contribution in [0.3, 0.4) is 0 Å². The molecule has 0 atom stereocenters. The second-order valence-corrected chi connectivity index (χ2v) is 5.38. The third-order valence-corrected chi connectivity index (χ3v) is 3.52. The zero-order valence-electron chi connectivity index (χ0n) is 13.2. The minimum absolute atomic E-state index is 0.0119. The van der Waals surface area contributed by atoms with E-state index in [0.29, 0.717) is 11.5 Å². The Morgan fingerprint density at radius 3 is 2.58 bits per heavy atom. The summed E-state index contributed by atoms with van der Waals surface area (Å²) in [6.45, 7) is -0.330. The van der Waals surface area contributed by atoms with E-state index < -0.39 is 30.1 Å². The normalized spacial score (nSPS) is 12.6. The number of alkyl halides is 3. The number of anilines is 1. The molecule has 2 amide bonds. The number of ether oxygens (including phenoxy) is 2. The maximum atomic E-state index is 12.7. The number of carbonyl (C=O) groups excluding carboxylic acids is 2. The summed E-state index contributed by atoms with van der Waals surface area (Å²) in [5.41, 5.74) is -0.622. The van der Waals surface area contributed by atoms with Gasteiger partial charge in [0.1, 0.15) is 0 Å². The molecule has 2 N–H and O–H groups in total. The smallest absolute Gasteiger partial charge is 0.416 e. The highest BCUT2D eigenvalue weighted by atomic mass is 19.4. The lowest BCUT2D eigenvalue weighted by Crippen LogP contribution is -2.32. The van der Waals surface area contributed by atoms with Gasteiger partial charge in [-0.3, -0.25) is 9.59 Å². The predicted molar refractivity (Wildman–Crippen MR) is 85.0 cm³/mol. The third kappa shape index (κ3) is 4.05. The number of hydrogen-bond acceptors (Lipinski definition) is 4. The number of carbonyl (C=O) groups is 2. The highest BCUT2D eigenvalue weighted by Crippen LogP contribution is 2.32. The van der Waals surface area contributed by atoms with Crippen molar-refractivity contribution in [3.8, 4) is 11.5 Å². The molecule has 0 radical (unpaired) electrons. The van der Waals surface area contributed by atoms with Gasteiger partial charge in [-0.2, -0.15) is 13.2 Å². The zero-order valence-corrected chi connectivity index (χ0v) is 13.2. The lowest BCUT2D eigenvalue weighted by atomic mass is 10.2. The van der Waals surface area contributed by atoms with Crippen molar-refractivity contribution in [1.29, 1.82) is 0 Å². The van der Waals surface area contributed by atoms with Crippen LogP contribution in [0, 0.1) is 0 Å². The molecule has 1 aliphatic heterocycles. The van der Waals surface area contributed by atoms with E-state index in [4.69, 9.17) is 9.47 Å². The van der Waals surface area contributed by atoms with E-state index in [0.717, 1.165) is 12.1 Å². The topological polar surface area (TPSA) is 76.7 Å². The number of benzene rings is 2. The average Bonchev–Trinajstić information content (AvgIpc) is 3.07. The number of nitrogens with one attached hydrogen (secondary N) is 2. The largest absolute Gasteiger partial charge is 0.454 e. The molecule has 0 bridgehead atoms. The molecule has 3 rings (SSSR count). The van der Waals surface area contributed by atoms with Crippen molar-refractivity contribution in [2.75, 3.05) is 18.7 Å². The maximum absolute atomic E-state index is 12.7. The Kier molecular flexibility index (Phi) is 4.70. The lowest BCUT2D eigenvalue weighted by Gasteiger charge is -2.10. The number of rotatable bonds is 4. The van der Waals surface area contributed by atoms with Crippen LogP contribution >= 0.6 is 0 Å². The zero-order chi connectivity index (χ0) is 18.7. The van der Waals surface area contributed by atoms with Crippen LogP contribution in [0.2, 0.25) is 0 Å². The first-order valence-electron chi connectivity index (χ1n) is 7.48. The molecule has 2 aromatic carbocycles. The van der Waals surface area contributed by atoms with Gasteiger partial charge in [0.05, 0.1) is 12.1 Å². The molecular weight excluding hydrogens is 353 g/mol. The van der Waals surface area contributed by atoms with Crippen molar-refractivity contribution >= 4 is 17.5 Å². The molecule has 1 aliphatic rings. The summed E-state index contributed by atoms with van der Waals surface area (Å²) in [6.07, 6.45) is -4.51. The van der Waals surface area contributed by atoms with E-state index in [1.807, 2.05) is 0 Å². The number of hydrogen-bond donors (Lipinski definition) is 2. The summed E-state index contributed by atoms with van der Waals surface area (Å²) in [5, 5.41) is 4.69. The van der Waals surface area contributed by atoms with Crippen molar-refractivity contribution in [3.63, 3.8) is 0 Å². The first-order valence-corrected chi connectivity index (χ1v) is 7.48. The van der Waals surface area contributed by atoms with E-state index in [2.05, 4.69) is 10.6 Å². The molecule has 2 aromatic rings. The molecule has 0 fully saturated rings. The second-order valence-electron chi connectivity index (χ2n) is 5.38. The molecule has 0 spiro atoms. The van der Waals surface area contributed by atoms with Gasteiger partial charge >= 0.3 is 6.18 Å². The van der Waals surface area contributed by atoms with Gasteiger partial charge in [-0.1, -0.05) is 6.07 Å². The third-order valence-electron chi connectivity index (χ3n) is 3.52. The molecule has 0 unspecified atom stereocenters. The van der Waals surface area contributed by atoms with Crippen molar-refractivity contribution < 1.29 is 32.2 Å². The van der Waals surface area contributed by atoms with Gasteiger partial charge in [0.15, 0.2) is 11.5 Å². The molecule has 0 saturated carbocycles. The Hall–Kier alpha value is -3.23. The van der Waals surface area contributed by atoms with Crippen molar-refractivity contribution in [2.45, 2.75) is 6.18 Å².